The molecule has 0 atom stereocenters. The van der Waals surface area contributed by atoms with Crippen LogP contribution < -0.4 is 10.2 Å². The SMILES string of the molecule is Cc1nc(C(=O)Nc2ccc(C)c(C)c2)cc(N2CCC(C)CC2)n1. The zero-order valence-corrected chi connectivity index (χ0v) is 15.5. The standard InChI is InChI=1S/C20H26N4O/c1-13-7-9-24(10-8-13)19-12-18(21-16(4)22-19)20(25)23-17-6-5-14(2)15(3)11-17/h5-6,11-13H,7-10H2,1-4H3,(H,23,25). The molecule has 1 aromatic heterocycles. The monoisotopic (exact) mass is 338 g/mol. The second-order valence-corrected chi connectivity index (χ2v) is 7.08. The summed E-state index contributed by atoms with van der Waals surface area (Å²) in [4.78, 5) is 23.7. The third kappa shape index (κ3) is 4.16. The van der Waals surface area contributed by atoms with E-state index in [1.54, 1.807) is 6.07 Å². The van der Waals surface area contributed by atoms with Gasteiger partial charge in [-0.3, -0.25) is 4.79 Å². The number of anilines is 2. The minimum atomic E-state index is -0.194. The average molecular weight is 338 g/mol. The smallest absolute Gasteiger partial charge is 0.274 e. The van der Waals surface area contributed by atoms with Crippen LogP contribution in [0.3, 0.4) is 0 Å². The predicted molar refractivity (Wildman–Crippen MR) is 101 cm³/mol. The first-order valence-electron chi connectivity index (χ1n) is 8.91. The van der Waals surface area contributed by atoms with Gasteiger partial charge in [0.1, 0.15) is 17.3 Å². The van der Waals surface area contributed by atoms with Gasteiger partial charge in [-0.25, -0.2) is 9.97 Å². The molecule has 1 amide bonds. The highest BCUT2D eigenvalue weighted by molar-refractivity contribution is 6.03. The molecule has 25 heavy (non-hydrogen) atoms. The molecule has 0 spiro atoms. The molecule has 1 saturated heterocycles. The molecule has 0 saturated carbocycles. The number of aromatic nitrogens is 2. The average Bonchev–Trinajstić information content (AvgIpc) is 2.58. The highest BCUT2D eigenvalue weighted by Gasteiger charge is 2.19. The van der Waals surface area contributed by atoms with Gasteiger partial charge in [-0.15, -0.1) is 0 Å². The Morgan fingerprint density at radius 1 is 1.08 bits per heavy atom. The summed E-state index contributed by atoms with van der Waals surface area (Å²) in [5.74, 6) is 2.04. The Bertz CT molecular complexity index is 779. The van der Waals surface area contributed by atoms with Crippen LogP contribution in [0, 0.1) is 26.7 Å². The van der Waals surface area contributed by atoms with E-state index in [0.717, 1.165) is 48.9 Å². The van der Waals surface area contributed by atoms with Crippen molar-refractivity contribution in [2.75, 3.05) is 23.3 Å². The zero-order valence-electron chi connectivity index (χ0n) is 15.5. The molecule has 1 aliphatic rings. The van der Waals surface area contributed by atoms with E-state index in [1.807, 2.05) is 32.0 Å². The quantitative estimate of drug-likeness (QED) is 0.922. The van der Waals surface area contributed by atoms with Crippen molar-refractivity contribution in [1.29, 1.82) is 0 Å². The van der Waals surface area contributed by atoms with Crippen LogP contribution in [-0.2, 0) is 0 Å². The van der Waals surface area contributed by atoms with Gasteiger partial charge in [0, 0.05) is 24.8 Å². The van der Waals surface area contributed by atoms with Crippen LogP contribution in [0.15, 0.2) is 24.3 Å². The molecule has 1 aromatic carbocycles. The van der Waals surface area contributed by atoms with Crippen molar-refractivity contribution in [2.24, 2.45) is 5.92 Å². The van der Waals surface area contributed by atoms with Gasteiger partial charge in [0.25, 0.3) is 5.91 Å². The third-order valence-corrected chi connectivity index (χ3v) is 4.93. The van der Waals surface area contributed by atoms with Crippen LogP contribution >= 0.6 is 0 Å². The summed E-state index contributed by atoms with van der Waals surface area (Å²) in [7, 11) is 0. The molecule has 0 radical (unpaired) electrons. The summed E-state index contributed by atoms with van der Waals surface area (Å²) >= 11 is 0. The molecule has 0 bridgehead atoms. The molecule has 2 aromatic rings. The summed E-state index contributed by atoms with van der Waals surface area (Å²) in [6, 6.07) is 7.71. The van der Waals surface area contributed by atoms with Gasteiger partial charge >= 0.3 is 0 Å². The maximum absolute atomic E-state index is 12.6. The van der Waals surface area contributed by atoms with Crippen LogP contribution in [0.2, 0.25) is 0 Å². The van der Waals surface area contributed by atoms with Crippen LogP contribution in [-0.4, -0.2) is 29.0 Å². The van der Waals surface area contributed by atoms with E-state index in [9.17, 15) is 4.79 Å². The number of carbonyl (C=O) groups excluding carboxylic acids is 1. The lowest BCUT2D eigenvalue weighted by Gasteiger charge is -2.31. The van der Waals surface area contributed by atoms with Crippen molar-refractivity contribution < 1.29 is 4.79 Å². The maximum atomic E-state index is 12.6. The van der Waals surface area contributed by atoms with Gasteiger partial charge < -0.3 is 10.2 Å². The fraction of sp³-hybridized carbons (Fsp3) is 0.450. The number of benzene rings is 1. The lowest BCUT2D eigenvalue weighted by molar-refractivity contribution is 0.102. The molecule has 1 aliphatic heterocycles. The minimum Gasteiger partial charge on any atom is -0.356 e. The highest BCUT2D eigenvalue weighted by Crippen LogP contribution is 2.22. The fourth-order valence-corrected chi connectivity index (χ4v) is 3.08. The molecule has 0 unspecified atom stereocenters. The largest absolute Gasteiger partial charge is 0.356 e. The fourth-order valence-electron chi connectivity index (χ4n) is 3.08. The second kappa shape index (κ2) is 7.21. The molecular formula is C20H26N4O. The number of piperidine rings is 1. The molecule has 1 N–H and O–H groups in total. The van der Waals surface area contributed by atoms with Crippen molar-refractivity contribution >= 4 is 17.4 Å². The first-order valence-corrected chi connectivity index (χ1v) is 8.91. The van der Waals surface area contributed by atoms with Crippen molar-refractivity contribution in [3.05, 3.63) is 46.9 Å². The zero-order chi connectivity index (χ0) is 18.0. The second-order valence-electron chi connectivity index (χ2n) is 7.08. The Morgan fingerprint density at radius 2 is 1.80 bits per heavy atom. The van der Waals surface area contributed by atoms with E-state index in [4.69, 9.17) is 0 Å². The number of nitrogens with zero attached hydrogens (tertiary/aromatic N) is 3. The highest BCUT2D eigenvalue weighted by atomic mass is 16.1. The van der Waals surface area contributed by atoms with Gasteiger partial charge in [0.05, 0.1) is 0 Å². The Labute approximate surface area is 149 Å². The summed E-state index contributed by atoms with van der Waals surface area (Å²) in [5, 5.41) is 2.94. The number of carbonyl (C=O) groups is 1. The molecular weight excluding hydrogens is 312 g/mol. The van der Waals surface area contributed by atoms with Crippen LogP contribution in [0.25, 0.3) is 0 Å². The van der Waals surface area contributed by atoms with E-state index < -0.39 is 0 Å². The number of nitrogens with one attached hydrogen (secondary N) is 1. The number of rotatable bonds is 3. The predicted octanol–water partition coefficient (Wildman–Crippen LogP) is 3.89. The number of hydrogen-bond donors (Lipinski definition) is 1. The third-order valence-electron chi connectivity index (χ3n) is 4.93. The van der Waals surface area contributed by atoms with Crippen molar-refractivity contribution in [3.63, 3.8) is 0 Å². The molecule has 132 valence electrons. The molecule has 3 rings (SSSR count). The van der Waals surface area contributed by atoms with Gasteiger partial charge in [0.2, 0.25) is 0 Å². The summed E-state index contributed by atoms with van der Waals surface area (Å²) in [6.45, 7) is 10.2. The van der Waals surface area contributed by atoms with Crippen LogP contribution in [0.4, 0.5) is 11.5 Å². The van der Waals surface area contributed by atoms with E-state index in [0.29, 0.717) is 11.5 Å². The van der Waals surface area contributed by atoms with E-state index >= 15 is 0 Å². The molecule has 1 fully saturated rings. The lowest BCUT2D eigenvalue weighted by atomic mass is 9.99. The van der Waals surface area contributed by atoms with Gasteiger partial charge in [-0.1, -0.05) is 13.0 Å². The number of aryl methyl sites for hydroxylation is 3. The van der Waals surface area contributed by atoms with Crippen molar-refractivity contribution in [2.45, 2.75) is 40.5 Å². The summed E-state index contributed by atoms with van der Waals surface area (Å²) in [6.07, 6.45) is 2.32. The van der Waals surface area contributed by atoms with Crippen LogP contribution in [0.1, 0.15) is 47.2 Å². The topological polar surface area (TPSA) is 58.1 Å². The van der Waals surface area contributed by atoms with E-state index in [-0.39, 0.29) is 5.91 Å². The van der Waals surface area contributed by atoms with Crippen LogP contribution in [0.5, 0.6) is 0 Å². The lowest BCUT2D eigenvalue weighted by Crippen LogP contribution is -2.34. The van der Waals surface area contributed by atoms with Crippen molar-refractivity contribution in [3.8, 4) is 0 Å². The first-order chi connectivity index (χ1) is 11.9. The molecule has 2 heterocycles. The first kappa shape index (κ1) is 17.4. The summed E-state index contributed by atoms with van der Waals surface area (Å²) < 4.78 is 0. The number of amides is 1. The normalized spacial score (nSPS) is 15.3. The Morgan fingerprint density at radius 3 is 2.48 bits per heavy atom. The molecule has 0 aliphatic carbocycles. The summed E-state index contributed by atoms with van der Waals surface area (Å²) in [5.41, 5.74) is 3.56. The Hall–Kier alpha value is -2.43. The molecule has 5 heteroatoms. The van der Waals surface area contributed by atoms with E-state index in [1.165, 1.54) is 5.56 Å². The maximum Gasteiger partial charge on any atom is 0.274 e. The van der Waals surface area contributed by atoms with E-state index in [2.05, 4.69) is 34.0 Å². The van der Waals surface area contributed by atoms with Crippen molar-refractivity contribution in [1.82, 2.24) is 9.97 Å². The minimum absolute atomic E-state index is 0.194. The Balaban J connectivity index is 1.79. The molecule has 5 nitrogen and oxygen atoms in total. The number of hydrogen-bond acceptors (Lipinski definition) is 4. The van der Waals surface area contributed by atoms with Gasteiger partial charge in [0.15, 0.2) is 0 Å². The van der Waals surface area contributed by atoms with Gasteiger partial charge in [-0.2, -0.15) is 0 Å². The van der Waals surface area contributed by atoms with Gasteiger partial charge in [-0.05, 0) is 62.8 Å². The Kier molecular flexibility index (Phi) is 5.02.